The highest BCUT2D eigenvalue weighted by molar-refractivity contribution is 4.82. The normalized spacial score (nSPS) is 21.2. The molecule has 2 nitrogen and oxygen atoms in total. The second-order valence-electron chi connectivity index (χ2n) is 5.35. The van der Waals surface area contributed by atoms with Crippen molar-refractivity contribution in [3.63, 3.8) is 0 Å². The zero-order valence-electron chi connectivity index (χ0n) is 10.2. The van der Waals surface area contributed by atoms with Crippen molar-refractivity contribution in [1.29, 1.82) is 0 Å². The van der Waals surface area contributed by atoms with Crippen LogP contribution in [-0.2, 0) is 0 Å². The third-order valence-corrected chi connectivity index (χ3v) is 3.50. The van der Waals surface area contributed by atoms with E-state index in [0.29, 0.717) is 0 Å². The maximum atomic E-state index is 3.41. The molecule has 0 aromatic carbocycles. The summed E-state index contributed by atoms with van der Waals surface area (Å²) in [6, 6.07) is 0. The molecule has 0 unspecified atom stereocenters. The maximum Gasteiger partial charge on any atom is 0.000978 e. The number of nitrogens with zero attached hydrogens (tertiary/aromatic N) is 1. The zero-order chi connectivity index (χ0) is 10.5. The van der Waals surface area contributed by atoms with Gasteiger partial charge in [0.05, 0.1) is 0 Å². The molecule has 0 radical (unpaired) electrons. The highest BCUT2D eigenvalue weighted by Gasteiger charge is 2.28. The second kappa shape index (κ2) is 5.86. The number of hydrogen-bond acceptors (Lipinski definition) is 2. The van der Waals surface area contributed by atoms with Crippen LogP contribution in [0.5, 0.6) is 0 Å². The molecule has 88 valence electrons. The minimum atomic E-state index is 1.06. The van der Waals surface area contributed by atoms with Crippen molar-refractivity contribution in [2.75, 3.05) is 32.7 Å². The Morgan fingerprint density at radius 1 is 1.07 bits per heavy atom. The second-order valence-corrected chi connectivity index (χ2v) is 5.35. The van der Waals surface area contributed by atoms with Crippen molar-refractivity contribution in [3.05, 3.63) is 0 Å². The fraction of sp³-hybridized carbons (Fsp3) is 1.00. The summed E-state index contributed by atoms with van der Waals surface area (Å²) >= 11 is 0. The monoisotopic (exact) mass is 210 g/mol. The van der Waals surface area contributed by atoms with Gasteiger partial charge < -0.3 is 10.2 Å². The molecule has 0 heterocycles. The molecule has 0 aromatic heterocycles. The predicted octanol–water partition coefficient (Wildman–Crippen LogP) is 2.11. The Morgan fingerprint density at radius 3 is 2.13 bits per heavy atom. The molecule has 2 saturated carbocycles. The van der Waals surface area contributed by atoms with E-state index in [1.807, 2.05) is 0 Å². The molecule has 1 N–H and O–H groups in total. The zero-order valence-corrected chi connectivity index (χ0v) is 10.2. The quantitative estimate of drug-likeness (QED) is 0.586. The largest absolute Gasteiger partial charge is 0.317 e. The summed E-state index contributed by atoms with van der Waals surface area (Å²) in [5.74, 6) is 2.12. The molecule has 0 aliphatic heterocycles. The Labute approximate surface area is 94.4 Å². The lowest BCUT2D eigenvalue weighted by molar-refractivity contribution is 0.249. The molecule has 0 atom stereocenters. The van der Waals surface area contributed by atoms with Crippen LogP contribution in [-0.4, -0.2) is 37.6 Å². The van der Waals surface area contributed by atoms with E-state index in [4.69, 9.17) is 0 Å². The summed E-state index contributed by atoms with van der Waals surface area (Å²) in [7, 11) is 0. The lowest BCUT2D eigenvalue weighted by Crippen LogP contribution is -2.31. The molecule has 0 saturated heterocycles. The molecule has 2 aliphatic rings. The van der Waals surface area contributed by atoms with E-state index >= 15 is 0 Å². The molecule has 0 spiro atoms. The molecule has 2 fully saturated rings. The van der Waals surface area contributed by atoms with Crippen molar-refractivity contribution in [3.8, 4) is 0 Å². The third kappa shape index (κ3) is 4.98. The molecule has 0 amide bonds. The van der Waals surface area contributed by atoms with Gasteiger partial charge in [-0.2, -0.15) is 0 Å². The van der Waals surface area contributed by atoms with E-state index in [1.165, 1.54) is 58.3 Å². The molecule has 15 heavy (non-hydrogen) atoms. The van der Waals surface area contributed by atoms with Crippen molar-refractivity contribution in [2.45, 2.75) is 39.0 Å². The average Bonchev–Trinajstić information content (AvgIpc) is 3.07. The number of hydrogen-bond donors (Lipinski definition) is 1. The van der Waals surface area contributed by atoms with E-state index in [2.05, 4.69) is 17.1 Å². The van der Waals surface area contributed by atoms with Gasteiger partial charge in [0.2, 0.25) is 0 Å². The fourth-order valence-electron chi connectivity index (χ4n) is 2.19. The topological polar surface area (TPSA) is 15.3 Å². The van der Waals surface area contributed by atoms with Gasteiger partial charge in [-0.15, -0.1) is 0 Å². The molecule has 0 aromatic rings. The molecule has 0 bridgehead atoms. The Bertz CT molecular complexity index is 159. The first-order valence-electron chi connectivity index (χ1n) is 6.81. The van der Waals surface area contributed by atoms with Gasteiger partial charge in [0.15, 0.2) is 0 Å². The molecule has 2 heteroatoms. The van der Waals surface area contributed by atoms with Crippen LogP contribution >= 0.6 is 0 Å². The maximum absolute atomic E-state index is 3.41. The highest BCUT2D eigenvalue weighted by atomic mass is 15.1. The smallest absolute Gasteiger partial charge is 0.000978 e. The van der Waals surface area contributed by atoms with Crippen LogP contribution in [0.3, 0.4) is 0 Å². The van der Waals surface area contributed by atoms with Crippen LogP contribution in [0.15, 0.2) is 0 Å². The summed E-state index contributed by atoms with van der Waals surface area (Å²) in [5.41, 5.74) is 0. The van der Waals surface area contributed by atoms with Crippen LogP contribution in [0.1, 0.15) is 39.0 Å². The summed E-state index contributed by atoms with van der Waals surface area (Å²) in [5, 5.41) is 3.41. The van der Waals surface area contributed by atoms with Gasteiger partial charge in [0.1, 0.15) is 0 Å². The van der Waals surface area contributed by atoms with Gasteiger partial charge in [0.25, 0.3) is 0 Å². The van der Waals surface area contributed by atoms with E-state index < -0.39 is 0 Å². The Balaban J connectivity index is 1.57. The average molecular weight is 210 g/mol. The summed E-state index contributed by atoms with van der Waals surface area (Å²) in [6.45, 7) is 8.60. The predicted molar refractivity (Wildman–Crippen MR) is 65.0 cm³/mol. The standard InChI is InChI=1S/C13H26N2/c1-2-14-8-3-9-15(10-12-4-5-12)11-13-6-7-13/h12-14H,2-11H2,1H3. The van der Waals surface area contributed by atoms with Crippen molar-refractivity contribution >= 4 is 0 Å². The van der Waals surface area contributed by atoms with Crippen LogP contribution in [0.4, 0.5) is 0 Å². The SMILES string of the molecule is CCNCCCN(CC1CC1)CC1CC1. The molecular weight excluding hydrogens is 184 g/mol. The van der Waals surface area contributed by atoms with Crippen LogP contribution in [0, 0.1) is 11.8 Å². The van der Waals surface area contributed by atoms with E-state index in [0.717, 1.165) is 18.4 Å². The lowest BCUT2D eigenvalue weighted by atomic mass is 10.3. The third-order valence-electron chi connectivity index (χ3n) is 3.50. The van der Waals surface area contributed by atoms with Crippen LogP contribution in [0.25, 0.3) is 0 Å². The van der Waals surface area contributed by atoms with Gasteiger partial charge >= 0.3 is 0 Å². The van der Waals surface area contributed by atoms with E-state index in [1.54, 1.807) is 0 Å². The van der Waals surface area contributed by atoms with Gasteiger partial charge in [-0.3, -0.25) is 0 Å². The first-order chi connectivity index (χ1) is 7.38. The fourth-order valence-corrected chi connectivity index (χ4v) is 2.19. The molecular formula is C13H26N2. The molecule has 2 rings (SSSR count). The summed E-state index contributed by atoms with van der Waals surface area (Å²) in [6.07, 6.45) is 7.30. The highest BCUT2D eigenvalue weighted by Crippen LogP contribution is 2.33. The van der Waals surface area contributed by atoms with Gasteiger partial charge in [-0.1, -0.05) is 6.92 Å². The van der Waals surface area contributed by atoms with Crippen molar-refractivity contribution < 1.29 is 0 Å². The van der Waals surface area contributed by atoms with Crippen molar-refractivity contribution in [2.24, 2.45) is 11.8 Å². The van der Waals surface area contributed by atoms with Gasteiger partial charge in [0, 0.05) is 13.1 Å². The summed E-state index contributed by atoms with van der Waals surface area (Å²) in [4.78, 5) is 2.73. The van der Waals surface area contributed by atoms with Gasteiger partial charge in [-0.25, -0.2) is 0 Å². The first kappa shape index (κ1) is 11.4. The number of rotatable bonds is 9. The van der Waals surface area contributed by atoms with E-state index in [-0.39, 0.29) is 0 Å². The minimum absolute atomic E-state index is 1.06. The Morgan fingerprint density at radius 2 is 1.67 bits per heavy atom. The Kier molecular flexibility index (Phi) is 4.45. The molecule has 2 aliphatic carbocycles. The minimum Gasteiger partial charge on any atom is -0.317 e. The number of nitrogens with one attached hydrogen (secondary N) is 1. The first-order valence-corrected chi connectivity index (χ1v) is 6.81. The van der Waals surface area contributed by atoms with Crippen LogP contribution < -0.4 is 5.32 Å². The lowest BCUT2D eigenvalue weighted by Gasteiger charge is -2.22. The van der Waals surface area contributed by atoms with E-state index in [9.17, 15) is 0 Å². The Hall–Kier alpha value is -0.0800. The van der Waals surface area contributed by atoms with Crippen LogP contribution in [0.2, 0.25) is 0 Å². The van der Waals surface area contributed by atoms with Gasteiger partial charge in [-0.05, 0) is 63.6 Å². The van der Waals surface area contributed by atoms with Crippen molar-refractivity contribution in [1.82, 2.24) is 10.2 Å². The summed E-state index contributed by atoms with van der Waals surface area (Å²) < 4.78 is 0.